The molecule has 10 rings (SSSR count). The van der Waals surface area contributed by atoms with E-state index in [0.29, 0.717) is 18.2 Å². The minimum absolute atomic E-state index is 0.0380. The predicted octanol–water partition coefficient (Wildman–Crippen LogP) is 6.96. The van der Waals surface area contributed by atoms with Gasteiger partial charge in [-0.05, 0) is 86.6 Å². The lowest BCUT2D eigenvalue weighted by Crippen LogP contribution is -2.58. The molecule has 2 fully saturated rings. The van der Waals surface area contributed by atoms with Crippen molar-refractivity contribution in [2.24, 2.45) is 10.8 Å². The van der Waals surface area contributed by atoms with Crippen molar-refractivity contribution < 1.29 is 14.6 Å². The van der Waals surface area contributed by atoms with Crippen molar-refractivity contribution in [1.29, 1.82) is 0 Å². The number of nitrogens with zero attached hydrogens (tertiary/aromatic N) is 3. The SMILES string of the molecule is CC[C@]12C=CCN3CC[C@]4(C(=C(C(=O)OC)C1)Nc1cc(O)c([C@H]5C[C@]6(CC)CCCN7CCc8c(n5c5ccccc85)[C@@H]76)cc14)[C@@H]32. The van der Waals surface area contributed by atoms with Crippen LogP contribution < -0.4 is 5.32 Å². The van der Waals surface area contributed by atoms with Gasteiger partial charge in [0.15, 0.2) is 0 Å². The van der Waals surface area contributed by atoms with E-state index in [-0.39, 0.29) is 34.3 Å². The molecule has 7 heteroatoms. The van der Waals surface area contributed by atoms with Crippen molar-refractivity contribution in [3.8, 4) is 5.75 Å². The smallest absolute Gasteiger partial charge is 0.335 e. The maximum atomic E-state index is 13.5. The fraction of sp³-hybridized carbons (Fsp3) is 0.525. The summed E-state index contributed by atoms with van der Waals surface area (Å²) in [5.74, 6) is 0.125. The lowest BCUT2D eigenvalue weighted by Gasteiger charge is -2.57. The molecule has 1 aliphatic carbocycles. The van der Waals surface area contributed by atoms with Crippen LogP contribution in [0.2, 0.25) is 0 Å². The monoisotopic (exact) mass is 630 g/mol. The van der Waals surface area contributed by atoms with Crippen LogP contribution >= 0.6 is 0 Å². The number of rotatable bonds is 4. The molecule has 0 saturated carbocycles. The number of nitrogens with one attached hydrogen (secondary N) is 1. The van der Waals surface area contributed by atoms with Gasteiger partial charge in [0, 0.05) is 70.7 Å². The van der Waals surface area contributed by atoms with Crippen LogP contribution in [-0.2, 0) is 21.4 Å². The molecule has 7 nitrogen and oxygen atoms in total. The van der Waals surface area contributed by atoms with Crippen LogP contribution in [0.15, 0.2) is 59.8 Å². The number of aromatic hydroxyl groups is 1. The summed E-state index contributed by atoms with van der Waals surface area (Å²) >= 11 is 0. The molecular formula is C40H46N4O3. The molecule has 0 bridgehead atoms. The van der Waals surface area contributed by atoms with Gasteiger partial charge in [-0.1, -0.05) is 44.2 Å². The van der Waals surface area contributed by atoms with E-state index in [1.807, 2.05) is 6.07 Å². The Morgan fingerprint density at radius 2 is 1.96 bits per heavy atom. The van der Waals surface area contributed by atoms with E-state index in [0.717, 1.165) is 74.3 Å². The van der Waals surface area contributed by atoms with Crippen molar-refractivity contribution in [2.45, 2.75) is 88.8 Å². The number of benzene rings is 2. The molecule has 0 radical (unpaired) electrons. The van der Waals surface area contributed by atoms with E-state index in [2.05, 4.69) is 76.0 Å². The predicted molar refractivity (Wildman–Crippen MR) is 184 cm³/mol. The summed E-state index contributed by atoms with van der Waals surface area (Å²) in [5.41, 5.74) is 9.05. The van der Waals surface area contributed by atoms with E-state index in [4.69, 9.17) is 4.74 Å². The highest BCUT2D eigenvalue weighted by Crippen LogP contribution is 2.66. The highest BCUT2D eigenvalue weighted by Gasteiger charge is 2.66. The molecule has 2 saturated heterocycles. The summed E-state index contributed by atoms with van der Waals surface area (Å²) in [6, 6.07) is 14.1. The number of hydrogen-bond donors (Lipinski definition) is 2. The summed E-state index contributed by atoms with van der Waals surface area (Å²) in [6.07, 6.45) is 13.0. The topological polar surface area (TPSA) is 70.0 Å². The number of phenolic OH excluding ortho intramolecular Hbond substituents is 1. The van der Waals surface area contributed by atoms with Gasteiger partial charge in [0.1, 0.15) is 5.75 Å². The largest absolute Gasteiger partial charge is 0.508 e. The number of esters is 1. The van der Waals surface area contributed by atoms with Crippen molar-refractivity contribution in [3.05, 3.63) is 82.2 Å². The molecule has 6 atom stereocenters. The second-order valence-electron chi connectivity index (χ2n) is 15.7. The van der Waals surface area contributed by atoms with Gasteiger partial charge in [0.05, 0.1) is 30.2 Å². The first kappa shape index (κ1) is 28.5. The number of carbonyl (C=O) groups is 1. The molecule has 7 aliphatic rings. The number of anilines is 1. The second kappa shape index (κ2) is 9.54. The Kier molecular flexibility index (Phi) is 5.78. The average molecular weight is 631 g/mol. The van der Waals surface area contributed by atoms with E-state index < -0.39 is 0 Å². The summed E-state index contributed by atoms with van der Waals surface area (Å²) in [4.78, 5) is 19.0. The van der Waals surface area contributed by atoms with Crippen molar-refractivity contribution in [3.63, 3.8) is 0 Å². The number of ether oxygens (including phenoxy) is 1. The number of carbonyl (C=O) groups excluding carboxylic acids is 1. The molecule has 47 heavy (non-hydrogen) atoms. The molecule has 1 aromatic heterocycles. The molecular weight excluding hydrogens is 584 g/mol. The van der Waals surface area contributed by atoms with Crippen molar-refractivity contribution in [1.82, 2.24) is 14.4 Å². The second-order valence-corrected chi connectivity index (χ2v) is 15.7. The Labute approximate surface area is 277 Å². The Bertz CT molecular complexity index is 1940. The van der Waals surface area contributed by atoms with Gasteiger partial charge in [0.2, 0.25) is 0 Å². The highest BCUT2D eigenvalue weighted by molar-refractivity contribution is 5.93. The summed E-state index contributed by atoms with van der Waals surface area (Å²) in [6.45, 7) is 8.93. The third-order valence-corrected chi connectivity index (χ3v) is 14.2. The van der Waals surface area contributed by atoms with Crippen molar-refractivity contribution in [2.75, 3.05) is 38.6 Å². The Balaban J connectivity index is 1.23. The van der Waals surface area contributed by atoms with E-state index in [9.17, 15) is 9.90 Å². The van der Waals surface area contributed by atoms with Gasteiger partial charge < -0.3 is 19.7 Å². The zero-order valence-electron chi connectivity index (χ0n) is 27.9. The Morgan fingerprint density at radius 1 is 1.09 bits per heavy atom. The molecule has 2 aromatic carbocycles. The summed E-state index contributed by atoms with van der Waals surface area (Å²) < 4.78 is 8.10. The molecule has 0 unspecified atom stereocenters. The van der Waals surface area contributed by atoms with Crippen LogP contribution in [0.1, 0.15) is 93.3 Å². The molecule has 1 spiro atoms. The van der Waals surface area contributed by atoms with Gasteiger partial charge in [0.25, 0.3) is 0 Å². The third-order valence-electron chi connectivity index (χ3n) is 14.2. The normalized spacial score (nSPS) is 34.9. The number of methoxy groups -OCH3 is 1. The fourth-order valence-electron chi connectivity index (χ4n) is 12.3. The van der Waals surface area contributed by atoms with Gasteiger partial charge in [-0.25, -0.2) is 4.79 Å². The molecule has 0 amide bonds. The van der Waals surface area contributed by atoms with Gasteiger partial charge in [-0.2, -0.15) is 0 Å². The van der Waals surface area contributed by atoms with Crippen molar-refractivity contribution >= 4 is 22.6 Å². The van der Waals surface area contributed by atoms with E-state index in [1.165, 1.54) is 54.2 Å². The van der Waals surface area contributed by atoms with Gasteiger partial charge in [-0.15, -0.1) is 0 Å². The van der Waals surface area contributed by atoms with Crippen LogP contribution in [-0.4, -0.2) is 64.8 Å². The van der Waals surface area contributed by atoms with Crippen LogP contribution in [0.5, 0.6) is 5.75 Å². The zero-order chi connectivity index (χ0) is 31.9. The van der Waals surface area contributed by atoms with E-state index in [1.54, 1.807) is 0 Å². The lowest BCUT2D eigenvalue weighted by atomic mass is 9.55. The standard InChI is InChI=1S/C40H46N4O3/c1-4-38-13-8-16-42-18-12-25-24-10-6-7-11-30(24)44(33(25)35(38)42)31(23-38)26-20-28-29(21-32(26)45)41-34-27(36(46)47-3)22-39(5-2)14-9-17-43-19-15-40(28,34)37(39)43/h6-7,9-11,14,20-21,31,35,37,41,45H,4-5,8,12-13,15-19,22-23H2,1-3H3/t31-,35-,37+,38+,39+,40+/m1/s1. The summed E-state index contributed by atoms with van der Waals surface area (Å²) in [5, 5.41) is 17.2. The number of aromatic nitrogens is 1. The highest BCUT2D eigenvalue weighted by atomic mass is 16.5. The zero-order valence-corrected chi connectivity index (χ0v) is 27.9. The first-order chi connectivity index (χ1) is 22.9. The number of phenols is 1. The fourth-order valence-corrected chi connectivity index (χ4v) is 12.3. The molecule has 2 N–H and O–H groups in total. The third kappa shape index (κ3) is 3.33. The number of para-hydroxylation sites is 1. The molecule has 3 aromatic rings. The van der Waals surface area contributed by atoms with Gasteiger partial charge >= 0.3 is 5.97 Å². The number of hydrogen-bond acceptors (Lipinski definition) is 6. The maximum absolute atomic E-state index is 13.5. The average Bonchev–Trinajstić information content (AvgIpc) is 3.77. The number of piperidine rings is 1. The maximum Gasteiger partial charge on any atom is 0.335 e. The van der Waals surface area contributed by atoms with E-state index >= 15 is 0 Å². The first-order valence-electron chi connectivity index (χ1n) is 18.1. The molecule has 244 valence electrons. The van der Waals surface area contributed by atoms with Crippen LogP contribution in [0, 0.1) is 10.8 Å². The Morgan fingerprint density at radius 3 is 2.79 bits per heavy atom. The minimum Gasteiger partial charge on any atom is -0.508 e. The lowest BCUT2D eigenvalue weighted by molar-refractivity contribution is -0.137. The van der Waals surface area contributed by atoms with Crippen LogP contribution in [0.25, 0.3) is 10.9 Å². The summed E-state index contributed by atoms with van der Waals surface area (Å²) in [7, 11) is 1.51. The first-order valence-corrected chi connectivity index (χ1v) is 18.1. The quantitative estimate of drug-likeness (QED) is 0.240. The van der Waals surface area contributed by atoms with Gasteiger partial charge in [-0.3, -0.25) is 9.80 Å². The van der Waals surface area contributed by atoms with Crippen LogP contribution in [0.4, 0.5) is 5.69 Å². The number of fused-ring (bicyclic) bond motifs is 4. The molecule has 6 aliphatic heterocycles. The van der Waals surface area contributed by atoms with Crippen LogP contribution in [0.3, 0.4) is 0 Å². The minimum atomic E-state index is -0.347. The molecule has 7 heterocycles. The Hall–Kier alpha value is -3.55.